The van der Waals surface area contributed by atoms with Crippen molar-refractivity contribution in [1.82, 2.24) is 9.97 Å². The van der Waals surface area contributed by atoms with E-state index >= 15 is 0 Å². The molecule has 0 aliphatic heterocycles. The zero-order valence-corrected chi connectivity index (χ0v) is 10.9. The smallest absolute Gasteiger partial charge is 0.318 e. The van der Waals surface area contributed by atoms with E-state index < -0.39 is 6.03 Å². The van der Waals surface area contributed by atoms with Crippen LogP contribution in [0.15, 0.2) is 29.9 Å². The molecule has 0 saturated carbocycles. The molecule has 3 N–H and O–H groups in total. The van der Waals surface area contributed by atoms with E-state index in [1.807, 2.05) is 17.5 Å². The van der Waals surface area contributed by atoms with Crippen LogP contribution in [-0.2, 0) is 0 Å². The van der Waals surface area contributed by atoms with Gasteiger partial charge in [-0.2, -0.15) is 0 Å². The van der Waals surface area contributed by atoms with E-state index in [4.69, 9.17) is 5.73 Å². The van der Waals surface area contributed by atoms with Crippen molar-refractivity contribution in [3.63, 3.8) is 0 Å². The van der Waals surface area contributed by atoms with Gasteiger partial charge in [0.2, 0.25) is 0 Å². The lowest BCUT2D eigenvalue weighted by Crippen LogP contribution is -2.18. The summed E-state index contributed by atoms with van der Waals surface area (Å²) in [5, 5.41) is 4.77. The van der Waals surface area contributed by atoms with Gasteiger partial charge in [0.15, 0.2) is 5.13 Å². The number of pyridine rings is 1. The van der Waals surface area contributed by atoms with Crippen LogP contribution in [0.5, 0.6) is 0 Å². The van der Waals surface area contributed by atoms with Crippen molar-refractivity contribution in [3.05, 3.63) is 29.9 Å². The van der Waals surface area contributed by atoms with Crippen LogP contribution >= 0.6 is 36.2 Å². The summed E-state index contributed by atoms with van der Waals surface area (Å²) in [5.74, 6) is 0. The maximum Gasteiger partial charge on any atom is 0.318 e. The van der Waals surface area contributed by atoms with Gasteiger partial charge < -0.3 is 5.73 Å². The number of carbonyl (C=O) groups is 1. The molecule has 2 heterocycles. The molecule has 0 radical (unpaired) electrons. The van der Waals surface area contributed by atoms with E-state index in [0.29, 0.717) is 5.13 Å². The van der Waals surface area contributed by atoms with Crippen LogP contribution in [-0.4, -0.2) is 16.0 Å². The van der Waals surface area contributed by atoms with Gasteiger partial charge in [0.25, 0.3) is 0 Å². The molecule has 17 heavy (non-hydrogen) atoms. The number of rotatable bonds is 2. The minimum Gasteiger partial charge on any atom is -0.351 e. The number of hydrogen-bond acceptors (Lipinski definition) is 4. The third-order valence-corrected chi connectivity index (χ3v) is 2.47. The third kappa shape index (κ3) is 4.18. The van der Waals surface area contributed by atoms with Crippen molar-refractivity contribution in [3.8, 4) is 11.3 Å². The second kappa shape index (κ2) is 7.05. The van der Waals surface area contributed by atoms with Crippen LogP contribution < -0.4 is 11.1 Å². The molecule has 2 aromatic heterocycles. The van der Waals surface area contributed by atoms with Crippen LogP contribution in [0.3, 0.4) is 0 Å². The summed E-state index contributed by atoms with van der Waals surface area (Å²) in [5.41, 5.74) is 6.73. The fraction of sp³-hybridized carbons (Fsp3) is 0. The zero-order valence-electron chi connectivity index (χ0n) is 8.49. The average molecular weight is 293 g/mol. The molecule has 8 heteroatoms. The van der Waals surface area contributed by atoms with E-state index in [9.17, 15) is 4.79 Å². The van der Waals surface area contributed by atoms with Gasteiger partial charge in [0.1, 0.15) is 0 Å². The fourth-order valence-corrected chi connectivity index (χ4v) is 1.81. The van der Waals surface area contributed by atoms with Crippen LogP contribution in [0.4, 0.5) is 9.93 Å². The summed E-state index contributed by atoms with van der Waals surface area (Å²) in [6, 6.07) is 3.09. The highest BCUT2D eigenvalue weighted by molar-refractivity contribution is 7.14. The lowest BCUT2D eigenvalue weighted by Gasteiger charge is -1.95. The van der Waals surface area contributed by atoms with E-state index in [1.165, 1.54) is 11.3 Å². The Morgan fingerprint density at radius 1 is 1.29 bits per heavy atom. The lowest BCUT2D eigenvalue weighted by molar-refractivity contribution is 0.259. The maximum atomic E-state index is 10.6. The van der Waals surface area contributed by atoms with Gasteiger partial charge in [-0.3, -0.25) is 10.3 Å². The van der Waals surface area contributed by atoms with Gasteiger partial charge in [0.05, 0.1) is 5.69 Å². The molecule has 2 aromatic rings. The minimum absolute atomic E-state index is 0. The second-order valence-electron chi connectivity index (χ2n) is 2.76. The van der Waals surface area contributed by atoms with E-state index in [2.05, 4.69) is 15.3 Å². The Morgan fingerprint density at radius 2 is 1.94 bits per heavy atom. The first-order chi connectivity index (χ1) is 7.25. The molecule has 5 nitrogen and oxygen atoms in total. The van der Waals surface area contributed by atoms with Gasteiger partial charge in [-0.25, -0.2) is 9.78 Å². The van der Waals surface area contributed by atoms with Crippen LogP contribution in [0.1, 0.15) is 0 Å². The number of primary amides is 1. The van der Waals surface area contributed by atoms with Crippen molar-refractivity contribution in [2.24, 2.45) is 5.73 Å². The van der Waals surface area contributed by atoms with E-state index in [-0.39, 0.29) is 24.8 Å². The number of anilines is 1. The van der Waals surface area contributed by atoms with E-state index in [1.54, 1.807) is 12.4 Å². The van der Waals surface area contributed by atoms with Crippen molar-refractivity contribution in [1.29, 1.82) is 0 Å². The van der Waals surface area contributed by atoms with Crippen LogP contribution in [0, 0.1) is 0 Å². The Balaban J connectivity index is 0.00000128. The molecule has 2 amide bonds. The Labute approximate surface area is 114 Å². The largest absolute Gasteiger partial charge is 0.351 e. The number of carbonyl (C=O) groups excluding carboxylic acids is 1. The predicted octanol–water partition coefficient (Wildman–Crippen LogP) is 2.54. The lowest BCUT2D eigenvalue weighted by atomic mass is 10.2. The number of thiazole rings is 1. The van der Waals surface area contributed by atoms with Gasteiger partial charge in [-0.15, -0.1) is 36.2 Å². The monoisotopic (exact) mass is 292 g/mol. The number of nitrogens with two attached hydrogens (primary N) is 1. The summed E-state index contributed by atoms with van der Waals surface area (Å²) in [7, 11) is 0. The first kappa shape index (κ1) is 15.6. The Morgan fingerprint density at radius 3 is 2.53 bits per heavy atom. The summed E-state index contributed by atoms with van der Waals surface area (Å²) in [6.45, 7) is 0. The fourth-order valence-electron chi connectivity index (χ4n) is 1.09. The normalized spacial score (nSPS) is 8.71. The number of urea groups is 1. The topological polar surface area (TPSA) is 80.9 Å². The molecule has 0 atom stereocenters. The summed E-state index contributed by atoms with van der Waals surface area (Å²) >= 11 is 1.33. The van der Waals surface area contributed by atoms with E-state index in [0.717, 1.165) is 11.3 Å². The standard InChI is InChI=1S/C9H8N4OS.2ClH/c10-8(14)13-9-12-7(5-15-9)6-1-3-11-4-2-6;;/h1-5H,(H3,10,12,13,14);2*1H. The van der Waals surface area contributed by atoms with Gasteiger partial charge in [-0.05, 0) is 12.1 Å². The summed E-state index contributed by atoms with van der Waals surface area (Å²) in [4.78, 5) is 18.7. The molecule has 2 rings (SSSR count). The molecule has 0 aliphatic carbocycles. The molecular formula is C9H10Cl2N4OS. The molecule has 92 valence electrons. The number of amides is 2. The van der Waals surface area contributed by atoms with Crippen molar-refractivity contribution in [2.45, 2.75) is 0 Å². The highest BCUT2D eigenvalue weighted by atomic mass is 35.5. The number of nitrogens with zero attached hydrogens (tertiary/aromatic N) is 2. The highest BCUT2D eigenvalue weighted by Gasteiger charge is 2.04. The molecule has 0 unspecified atom stereocenters. The zero-order chi connectivity index (χ0) is 10.7. The molecule has 0 bridgehead atoms. The first-order valence-corrected chi connectivity index (χ1v) is 5.06. The maximum absolute atomic E-state index is 10.6. The SMILES string of the molecule is Cl.Cl.NC(=O)Nc1nc(-c2ccncc2)cs1. The Hall–Kier alpha value is -1.37. The summed E-state index contributed by atoms with van der Waals surface area (Å²) in [6.07, 6.45) is 3.38. The second-order valence-corrected chi connectivity index (χ2v) is 3.62. The summed E-state index contributed by atoms with van der Waals surface area (Å²) < 4.78 is 0. The molecule has 0 aromatic carbocycles. The van der Waals surface area contributed by atoms with Crippen LogP contribution in [0.2, 0.25) is 0 Å². The van der Waals surface area contributed by atoms with Crippen molar-refractivity contribution in [2.75, 3.05) is 5.32 Å². The quantitative estimate of drug-likeness (QED) is 0.892. The van der Waals surface area contributed by atoms with Crippen molar-refractivity contribution < 1.29 is 4.79 Å². The number of halogens is 2. The number of nitrogens with one attached hydrogen (secondary N) is 1. The van der Waals surface area contributed by atoms with Gasteiger partial charge in [0, 0.05) is 23.3 Å². The van der Waals surface area contributed by atoms with Crippen molar-refractivity contribution >= 4 is 47.3 Å². The molecular weight excluding hydrogens is 283 g/mol. The number of aromatic nitrogens is 2. The first-order valence-electron chi connectivity index (χ1n) is 4.18. The Bertz CT molecular complexity index is 477. The molecule has 0 saturated heterocycles. The third-order valence-electron chi connectivity index (χ3n) is 1.71. The predicted molar refractivity (Wildman–Crippen MR) is 73.0 cm³/mol. The van der Waals surface area contributed by atoms with Gasteiger partial charge >= 0.3 is 6.03 Å². The molecule has 0 aliphatic rings. The molecule has 0 spiro atoms. The van der Waals surface area contributed by atoms with Crippen LogP contribution in [0.25, 0.3) is 11.3 Å². The minimum atomic E-state index is -0.606. The van der Waals surface area contributed by atoms with Gasteiger partial charge in [-0.1, -0.05) is 0 Å². The highest BCUT2D eigenvalue weighted by Crippen LogP contribution is 2.23. The molecule has 0 fully saturated rings. The number of hydrogen-bond donors (Lipinski definition) is 2. The Kier molecular flexibility index (Phi) is 6.48. The average Bonchev–Trinajstić information content (AvgIpc) is 2.67.